The normalized spacial score (nSPS) is 18.6. The molecule has 1 amide bonds. The maximum Gasteiger partial charge on any atom is 0.232 e. The summed E-state index contributed by atoms with van der Waals surface area (Å²) in [5, 5.41) is 0.375. The maximum absolute atomic E-state index is 12.4. The number of carbonyl (C=O) groups excluding carboxylic acids is 1. The summed E-state index contributed by atoms with van der Waals surface area (Å²) in [5.41, 5.74) is 1.27. The minimum Gasteiger partial charge on any atom is -0.468 e. The summed E-state index contributed by atoms with van der Waals surface area (Å²) in [6, 6.07) is 14.3. The molecule has 2 heterocycles. The zero-order chi connectivity index (χ0) is 15.9. The number of amides is 1. The van der Waals surface area contributed by atoms with Crippen LogP contribution >= 0.6 is 23.5 Å². The minimum absolute atomic E-state index is 0.256. The van der Waals surface area contributed by atoms with Crippen molar-refractivity contribution < 1.29 is 9.21 Å². The molecule has 1 atom stereocenters. The molecule has 3 rings (SSSR count). The molecule has 0 radical (unpaired) electrons. The van der Waals surface area contributed by atoms with Gasteiger partial charge < -0.3 is 9.32 Å². The molecular formula is C18H21NO2S2. The molecule has 122 valence electrons. The van der Waals surface area contributed by atoms with Crippen molar-refractivity contribution in [3.05, 3.63) is 60.1 Å². The fourth-order valence-corrected chi connectivity index (χ4v) is 4.71. The first-order chi connectivity index (χ1) is 11.3. The van der Waals surface area contributed by atoms with Crippen LogP contribution in [0.5, 0.6) is 0 Å². The van der Waals surface area contributed by atoms with Gasteiger partial charge in [0, 0.05) is 24.6 Å². The SMILES string of the molecule is O=C(CSCc1ccccc1)N1CCSC(c2ccco2)CC1. The van der Waals surface area contributed by atoms with E-state index in [4.69, 9.17) is 4.42 Å². The molecule has 0 aliphatic carbocycles. The first-order valence-corrected chi connectivity index (χ1v) is 10.1. The summed E-state index contributed by atoms with van der Waals surface area (Å²) in [6.07, 6.45) is 2.69. The monoisotopic (exact) mass is 347 g/mol. The number of rotatable bonds is 5. The van der Waals surface area contributed by atoms with Crippen molar-refractivity contribution in [1.29, 1.82) is 0 Å². The molecule has 1 saturated heterocycles. The largest absolute Gasteiger partial charge is 0.468 e. The lowest BCUT2D eigenvalue weighted by molar-refractivity contribution is -0.128. The van der Waals surface area contributed by atoms with Crippen LogP contribution in [0.2, 0.25) is 0 Å². The van der Waals surface area contributed by atoms with Crippen molar-refractivity contribution >= 4 is 29.4 Å². The van der Waals surface area contributed by atoms with Crippen LogP contribution in [-0.4, -0.2) is 35.4 Å². The number of thioether (sulfide) groups is 2. The van der Waals surface area contributed by atoms with Gasteiger partial charge in [0.15, 0.2) is 0 Å². The molecule has 1 aromatic carbocycles. The number of hydrogen-bond donors (Lipinski definition) is 0. The Hall–Kier alpha value is -1.33. The molecule has 1 aliphatic rings. The van der Waals surface area contributed by atoms with Crippen LogP contribution in [0.1, 0.15) is 23.0 Å². The lowest BCUT2D eigenvalue weighted by Crippen LogP contribution is -2.34. The van der Waals surface area contributed by atoms with E-state index in [9.17, 15) is 4.79 Å². The molecule has 1 fully saturated rings. The van der Waals surface area contributed by atoms with E-state index in [1.807, 2.05) is 47.0 Å². The predicted octanol–water partition coefficient (Wildman–Crippen LogP) is 4.22. The molecule has 0 spiro atoms. The second-order valence-electron chi connectivity index (χ2n) is 5.52. The van der Waals surface area contributed by atoms with E-state index >= 15 is 0 Å². The lowest BCUT2D eigenvalue weighted by Gasteiger charge is -2.20. The van der Waals surface area contributed by atoms with Crippen LogP contribution in [0.4, 0.5) is 0 Å². The van der Waals surface area contributed by atoms with Crippen molar-refractivity contribution in [1.82, 2.24) is 4.90 Å². The molecule has 5 heteroatoms. The number of furan rings is 1. The Labute approximate surface area is 145 Å². The molecule has 0 saturated carbocycles. The fraction of sp³-hybridized carbons (Fsp3) is 0.389. The van der Waals surface area contributed by atoms with Gasteiger partial charge >= 0.3 is 0 Å². The second kappa shape index (κ2) is 8.50. The van der Waals surface area contributed by atoms with Gasteiger partial charge in [-0.3, -0.25) is 4.79 Å². The molecule has 1 aromatic heterocycles. The van der Waals surface area contributed by atoms with Gasteiger partial charge in [-0.25, -0.2) is 0 Å². The molecule has 0 bridgehead atoms. The van der Waals surface area contributed by atoms with E-state index < -0.39 is 0 Å². The van der Waals surface area contributed by atoms with E-state index in [0.29, 0.717) is 11.0 Å². The van der Waals surface area contributed by atoms with Crippen LogP contribution < -0.4 is 0 Å². The first kappa shape index (κ1) is 16.5. The van der Waals surface area contributed by atoms with Crippen molar-refractivity contribution in [2.45, 2.75) is 17.4 Å². The van der Waals surface area contributed by atoms with Crippen LogP contribution in [0, 0.1) is 0 Å². The zero-order valence-electron chi connectivity index (χ0n) is 13.0. The maximum atomic E-state index is 12.4. The Balaban J connectivity index is 1.44. The van der Waals surface area contributed by atoms with Crippen LogP contribution in [0.25, 0.3) is 0 Å². The molecule has 23 heavy (non-hydrogen) atoms. The summed E-state index contributed by atoms with van der Waals surface area (Å²) in [7, 11) is 0. The third kappa shape index (κ3) is 4.82. The summed E-state index contributed by atoms with van der Waals surface area (Å²) in [6.45, 7) is 1.66. The van der Waals surface area contributed by atoms with Crippen molar-refractivity contribution in [3.63, 3.8) is 0 Å². The minimum atomic E-state index is 0.256. The van der Waals surface area contributed by atoms with E-state index in [1.54, 1.807) is 18.0 Å². The Kier molecular flexibility index (Phi) is 6.11. The summed E-state index contributed by atoms with van der Waals surface area (Å²) >= 11 is 3.59. The van der Waals surface area contributed by atoms with Crippen molar-refractivity contribution in [3.8, 4) is 0 Å². The third-order valence-electron chi connectivity index (χ3n) is 3.89. The Morgan fingerprint density at radius 2 is 2.09 bits per heavy atom. The van der Waals surface area contributed by atoms with Gasteiger partial charge in [0.05, 0.1) is 17.3 Å². The molecule has 3 nitrogen and oxygen atoms in total. The van der Waals surface area contributed by atoms with Crippen LogP contribution in [0.15, 0.2) is 53.1 Å². The third-order valence-corrected chi connectivity index (χ3v) is 6.17. The standard InChI is InChI=1S/C18H21NO2S2/c20-18(14-22-13-15-5-2-1-3-6-15)19-9-8-17(23-12-10-19)16-7-4-11-21-16/h1-7,11,17H,8-10,12-14H2. The molecular weight excluding hydrogens is 326 g/mol. The lowest BCUT2D eigenvalue weighted by atomic mass is 10.2. The summed E-state index contributed by atoms with van der Waals surface area (Å²) < 4.78 is 5.51. The Morgan fingerprint density at radius 3 is 2.87 bits per heavy atom. The van der Waals surface area contributed by atoms with Crippen molar-refractivity contribution in [2.75, 3.05) is 24.6 Å². The van der Waals surface area contributed by atoms with E-state index in [2.05, 4.69) is 12.1 Å². The smallest absolute Gasteiger partial charge is 0.232 e. The van der Waals surface area contributed by atoms with E-state index in [0.717, 1.165) is 36.8 Å². The highest BCUT2D eigenvalue weighted by atomic mass is 32.2. The number of nitrogens with zero attached hydrogens (tertiary/aromatic N) is 1. The zero-order valence-corrected chi connectivity index (χ0v) is 14.7. The second-order valence-corrected chi connectivity index (χ2v) is 7.82. The van der Waals surface area contributed by atoms with Gasteiger partial charge in [0.2, 0.25) is 5.91 Å². The van der Waals surface area contributed by atoms with Gasteiger partial charge in [-0.05, 0) is 24.1 Å². The van der Waals surface area contributed by atoms with E-state index in [1.165, 1.54) is 5.56 Å². The molecule has 0 N–H and O–H groups in total. The molecule has 1 unspecified atom stereocenters. The van der Waals surface area contributed by atoms with Crippen LogP contribution in [-0.2, 0) is 10.5 Å². The Bertz CT molecular complexity index is 601. The van der Waals surface area contributed by atoms with Gasteiger partial charge in [-0.1, -0.05) is 30.3 Å². The Morgan fingerprint density at radius 1 is 1.22 bits per heavy atom. The number of hydrogen-bond acceptors (Lipinski definition) is 4. The highest BCUT2D eigenvalue weighted by Gasteiger charge is 2.23. The quantitative estimate of drug-likeness (QED) is 0.811. The highest BCUT2D eigenvalue weighted by molar-refractivity contribution is 7.99. The average molecular weight is 348 g/mol. The van der Waals surface area contributed by atoms with Crippen molar-refractivity contribution in [2.24, 2.45) is 0 Å². The highest BCUT2D eigenvalue weighted by Crippen LogP contribution is 2.34. The average Bonchev–Trinajstić information content (AvgIpc) is 3.00. The predicted molar refractivity (Wildman–Crippen MR) is 97.7 cm³/mol. The number of benzene rings is 1. The molecule has 2 aromatic rings. The van der Waals surface area contributed by atoms with E-state index in [-0.39, 0.29) is 5.91 Å². The van der Waals surface area contributed by atoms with Gasteiger partial charge in [0.25, 0.3) is 0 Å². The topological polar surface area (TPSA) is 33.5 Å². The molecule has 1 aliphatic heterocycles. The van der Waals surface area contributed by atoms with Gasteiger partial charge in [-0.15, -0.1) is 23.5 Å². The summed E-state index contributed by atoms with van der Waals surface area (Å²) in [4.78, 5) is 14.4. The summed E-state index contributed by atoms with van der Waals surface area (Å²) in [5.74, 6) is 3.71. The van der Waals surface area contributed by atoms with Gasteiger partial charge in [0.1, 0.15) is 5.76 Å². The van der Waals surface area contributed by atoms with Gasteiger partial charge in [-0.2, -0.15) is 0 Å². The first-order valence-electron chi connectivity index (χ1n) is 7.87. The number of carbonyl (C=O) groups is 1. The fourth-order valence-electron chi connectivity index (χ4n) is 2.64. The van der Waals surface area contributed by atoms with Crippen LogP contribution in [0.3, 0.4) is 0 Å².